The van der Waals surface area contributed by atoms with E-state index in [0.717, 1.165) is 55.7 Å². The monoisotopic (exact) mass is 448 g/mol. The van der Waals surface area contributed by atoms with Gasteiger partial charge < -0.3 is 14.3 Å². The van der Waals surface area contributed by atoms with Crippen LogP contribution in [0.4, 0.5) is 0 Å². The van der Waals surface area contributed by atoms with Gasteiger partial charge in [0.05, 0.1) is 0 Å². The zero-order valence-electron chi connectivity index (χ0n) is 19.7. The Morgan fingerprint density at radius 3 is 2.64 bits per heavy atom. The standard InChI is InChI=1S/C25H32N6O2/c1-17(2)30-12-9-18(10-13-30)15-22(32)31-14-11-21-20(16-31)23(27-29(21)3)25-26-24(28-33-25)19-7-5-4-6-8-19/h4-8,17-18H,9-16H2,1-3H3. The summed E-state index contributed by atoms with van der Waals surface area (Å²) in [6.07, 6.45) is 3.63. The lowest BCUT2D eigenvalue weighted by Crippen LogP contribution is -2.41. The molecule has 0 bridgehead atoms. The fourth-order valence-corrected chi connectivity index (χ4v) is 5.05. The molecule has 0 unspecified atom stereocenters. The van der Waals surface area contributed by atoms with Gasteiger partial charge in [0.1, 0.15) is 0 Å². The molecular weight excluding hydrogens is 416 g/mol. The number of aromatic nitrogens is 4. The highest BCUT2D eigenvalue weighted by Gasteiger charge is 2.31. The van der Waals surface area contributed by atoms with Gasteiger partial charge in [-0.3, -0.25) is 9.48 Å². The SMILES string of the molecule is CC(C)N1CCC(CC(=O)N2CCc3c(c(-c4nc(-c5ccccc5)no4)nn3C)C2)CC1. The number of hydrogen-bond acceptors (Lipinski definition) is 6. The van der Waals surface area contributed by atoms with Gasteiger partial charge in [-0.15, -0.1) is 0 Å². The number of amides is 1. The van der Waals surface area contributed by atoms with E-state index in [4.69, 9.17) is 4.52 Å². The molecule has 33 heavy (non-hydrogen) atoms. The molecule has 0 spiro atoms. The number of likely N-dealkylation sites (tertiary alicyclic amines) is 1. The lowest BCUT2D eigenvalue weighted by atomic mass is 9.92. The van der Waals surface area contributed by atoms with E-state index in [1.807, 2.05) is 47.0 Å². The predicted molar refractivity (Wildman–Crippen MR) is 125 cm³/mol. The maximum atomic E-state index is 13.2. The van der Waals surface area contributed by atoms with Crippen LogP contribution >= 0.6 is 0 Å². The molecule has 2 aromatic heterocycles. The zero-order chi connectivity index (χ0) is 22.9. The first-order valence-corrected chi connectivity index (χ1v) is 12.0. The number of piperidine rings is 1. The van der Waals surface area contributed by atoms with Crippen LogP contribution in [-0.4, -0.2) is 61.3 Å². The van der Waals surface area contributed by atoms with Crippen LogP contribution < -0.4 is 0 Å². The number of benzene rings is 1. The van der Waals surface area contributed by atoms with Crippen LogP contribution in [0.2, 0.25) is 0 Å². The summed E-state index contributed by atoms with van der Waals surface area (Å²) in [6, 6.07) is 10.3. The maximum absolute atomic E-state index is 13.2. The Bertz CT molecular complexity index is 1110. The quantitative estimate of drug-likeness (QED) is 0.594. The number of carbonyl (C=O) groups excluding carboxylic acids is 1. The third kappa shape index (κ3) is 4.44. The molecule has 3 aromatic rings. The molecule has 174 valence electrons. The minimum absolute atomic E-state index is 0.244. The molecular formula is C25H32N6O2. The molecule has 0 N–H and O–H groups in total. The van der Waals surface area contributed by atoms with Crippen molar-refractivity contribution >= 4 is 5.91 Å². The molecule has 8 nitrogen and oxygen atoms in total. The number of nitrogens with zero attached hydrogens (tertiary/aromatic N) is 6. The Balaban J connectivity index is 1.30. The molecule has 4 heterocycles. The summed E-state index contributed by atoms with van der Waals surface area (Å²) in [6.45, 7) is 7.95. The van der Waals surface area contributed by atoms with Crippen molar-refractivity contribution in [1.29, 1.82) is 0 Å². The van der Waals surface area contributed by atoms with E-state index in [0.29, 0.717) is 42.3 Å². The zero-order valence-corrected chi connectivity index (χ0v) is 19.7. The van der Waals surface area contributed by atoms with Crippen LogP contribution in [0.5, 0.6) is 0 Å². The van der Waals surface area contributed by atoms with Gasteiger partial charge in [-0.25, -0.2) is 0 Å². The third-order valence-electron chi connectivity index (χ3n) is 7.10. The van der Waals surface area contributed by atoms with Gasteiger partial charge in [0.15, 0.2) is 5.69 Å². The van der Waals surface area contributed by atoms with E-state index in [9.17, 15) is 4.79 Å². The second-order valence-electron chi connectivity index (χ2n) is 9.53. The van der Waals surface area contributed by atoms with Crippen molar-refractivity contribution in [2.24, 2.45) is 13.0 Å². The van der Waals surface area contributed by atoms with E-state index in [1.54, 1.807) is 0 Å². The first-order chi connectivity index (χ1) is 16.0. The van der Waals surface area contributed by atoms with E-state index in [1.165, 1.54) is 0 Å². The molecule has 1 fully saturated rings. The fraction of sp³-hybridized carbons (Fsp3) is 0.520. The Morgan fingerprint density at radius 2 is 1.91 bits per heavy atom. The summed E-state index contributed by atoms with van der Waals surface area (Å²) in [5, 5.41) is 8.83. The fourth-order valence-electron chi connectivity index (χ4n) is 5.05. The molecule has 1 amide bonds. The molecule has 5 rings (SSSR count). The van der Waals surface area contributed by atoms with Gasteiger partial charge in [-0.2, -0.15) is 10.1 Å². The molecule has 1 aromatic carbocycles. The first-order valence-electron chi connectivity index (χ1n) is 12.0. The Morgan fingerprint density at radius 1 is 1.15 bits per heavy atom. The van der Waals surface area contributed by atoms with Crippen molar-refractivity contribution in [2.45, 2.75) is 52.1 Å². The van der Waals surface area contributed by atoms with E-state index >= 15 is 0 Å². The molecule has 0 radical (unpaired) electrons. The minimum Gasteiger partial charge on any atom is -0.338 e. The second-order valence-corrected chi connectivity index (χ2v) is 9.53. The highest BCUT2D eigenvalue weighted by molar-refractivity contribution is 5.77. The van der Waals surface area contributed by atoms with Crippen molar-refractivity contribution in [1.82, 2.24) is 29.7 Å². The van der Waals surface area contributed by atoms with Gasteiger partial charge in [0, 0.05) is 55.8 Å². The van der Waals surface area contributed by atoms with Gasteiger partial charge in [-0.05, 0) is 45.7 Å². The van der Waals surface area contributed by atoms with E-state index in [-0.39, 0.29) is 5.91 Å². The lowest BCUT2D eigenvalue weighted by Gasteiger charge is -2.35. The number of fused-ring (bicyclic) bond motifs is 1. The number of carbonyl (C=O) groups is 1. The normalized spacial score (nSPS) is 17.5. The van der Waals surface area contributed by atoms with Crippen molar-refractivity contribution in [2.75, 3.05) is 19.6 Å². The number of aryl methyl sites for hydroxylation is 1. The largest absolute Gasteiger partial charge is 0.338 e. The highest BCUT2D eigenvalue weighted by atomic mass is 16.5. The third-order valence-corrected chi connectivity index (χ3v) is 7.10. The van der Waals surface area contributed by atoms with E-state index in [2.05, 4.69) is 34.0 Å². The van der Waals surface area contributed by atoms with Crippen LogP contribution in [0.3, 0.4) is 0 Å². The lowest BCUT2D eigenvalue weighted by molar-refractivity contribution is -0.133. The summed E-state index contributed by atoms with van der Waals surface area (Å²) >= 11 is 0. The predicted octanol–water partition coefficient (Wildman–Crippen LogP) is 3.53. The van der Waals surface area contributed by atoms with Gasteiger partial charge >= 0.3 is 0 Å². The van der Waals surface area contributed by atoms with Crippen LogP contribution in [-0.2, 0) is 24.8 Å². The molecule has 0 aliphatic carbocycles. The van der Waals surface area contributed by atoms with Crippen molar-refractivity contribution in [3.05, 3.63) is 41.6 Å². The summed E-state index contributed by atoms with van der Waals surface area (Å²) in [7, 11) is 1.94. The van der Waals surface area contributed by atoms with Gasteiger partial charge in [0.2, 0.25) is 11.7 Å². The smallest absolute Gasteiger partial charge is 0.279 e. The summed E-state index contributed by atoms with van der Waals surface area (Å²) in [4.78, 5) is 22.3. The Hall–Kier alpha value is -3.00. The molecule has 2 aliphatic heterocycles. The van der Waals surface area contributed by atoms with Crippen LogP contribution in [0.25, 0.3) is 23.0 Å². The molecule has 1 saturated heterocycles. The molecule has 0 atom stereocenters. The Kier molecular flexibility index (Phi) is 6.01. The maximum Gasteiger partial charge on any atom is 0.279 e. The van der Waals surface area contributed by atoms with Crippen molar-refractivity contribution in [3.8, 4) is 23.0 Å². The minimum atomic E-state index is 0.244. The average molecular weight is 449 g/mol. The first kappa shape index (κ1) is 21.8. The average Bonchev–Trinajstić information content (AvgIpc) is 3.45. The summed E-state index contributed by atoms with van der Waals surface area (Å²) in [5.41, 5.74) is 3.75. The highest BCUT2D eigenvalue weighted by Crippen LogP contribution is 2.31. The second kappa shape index (κ2) is 9.09. The number of hydrogen-bond donors (Lipinski definition) is 0. The van der Waals surface area contributed by atoms with E-state index < -0.39 is 0 Å². The molecule has 8 heteroatoms. The Labute approximate surface area is 194 Å². The van der Waals surface area contributed by atoms with Crippen LogP contribution in [0.15, 0.2) is 34.9 Å². The molecule has 0 saturated carbocycles. The van der Waals surface area contributed by atoms with Gasteiger partial charge in [-0.1, -0.05) is 35.5 Å². The van der Waals surface area contributed by atoms with Crippen molar-refractivity contribution in [3.63, 3.8) is 0 Å². The topological polar surface area (TPSA) is 80.3 Å². The van der Waals surface area contributed by atoms with Crippen LogP contribution in [0.1, 0.15) is 44.4 Å². The number of rotatable bonds is 5. The van der Waals surface area contributed by atoms with Gasteiger partial charge in [0.25, 0.3) is 5.89 Å². The van der Waals surface area contributed by atoms with Crippen molar-refractivity contribution < 1.29 is 9.32 Å². The summed E-state index contributed by atoms with van der Waals surface area (Å²) < 4.78 is 7.48. The molecule has 2 aliphatic rings. The summed E-state index contributed by atoms with van der Waals surface area (Å²) in [5.74, 6) is 1.67. The van der Waals surface area contributed by atoms with Crippen LogP contribution in [0, 0.1) is 5.92 Å².